The van der Waals surface area contributed by atoms with E-state index in [1.54, 1.807) is 0 Å². The Morgan fingerprint density at radius 2 is 1.77 bits per heavy atom. The number of nitro benzene ring substituents is 1. The van der Waals surface area contributed by atoms with Gasteiger partial charge in [-0.05, 0) is 49.2 Å². The zero-order chi connectivity index (χ0) is 29.4. The van der Waals surface area contributed by atoms with Gasteiger partial charge in [0.1, 0.15) is 5.70 Å². The largest absolute Gasteiger partial charge is 0.413 e. The number of non-ortho nitro benzene ring substituents is 1. The van der Waals surface area contributed by atoms with Crippen LogP contribution >= 0.6 is 0 Å². The van der Waals surface area contributed by atoms with Gasteiger partial charge in [0.05, 0.1) is 34.7 Å². The molecule has 3 heterocycles. The summed E-state index contributed by atoms with van der Waals surface area (Å²) in [6.45, 7) is 11.8. The average molecular weight is 574 g/mol. The van der Waals surface area contributed by atoms with Crippen molar-refractivity contribution in [2.24, 2.45) is 11.8 Å². The van der Waals surface area contributed by atoms with Crippen molar-refractivity contribution in [1.82, 2.24) is 9.80 Å². The lowest BCUT2D eigenvalue weighted by molar-refractivity contribution is -0.384. The Bertz CT molecular complexity index is 1190. The molecule has 1 unspecified atom stereocenters. The second-order valence-corrected chi connectivity index (χ2v) is 15.8. The number of esters is 2. The van der Waals surface area contributed by atoms with Crippen LogP contribution < -0.4 is 0 Å². The van der Waals surface area contributed by atoms with Crippen LogP contribution in [0.3, 0.4) is 0 Å². The Morgan fingerprint density at radius 1 is 1.15 bits per heavy atom. The van der Waals surface area contributed by atoms with Crippen molar-refractivity contribution < 1.29 is 33.6 Å². The lowest BCUT2D eigenvalue weighted by atomic mass is 9.77. The number of carbonyl (C=O) groups is 3. The lowest BCUT2D eigenvalue weighted by Crippen LogP contribution is -2.65. The molecule has 1 amide bonds. The van der Waals surface area contributed by atoms with Crippen LogP contribution in [-0.4, -0.2) is 83.9 Å². The quantitative estimate of drug-likeness (QED) is 0.105. The van der Waals surface area contributed by atoms with E-state index in [-0.39, 0.29) is 40.9 Å². The summed E-state index contributed by atoms with van der Waals surface area (Å²) >= 11 is 0. The van der Waals surface area contributed by atoms with Crippen molar-refractivity contribution in [1.29, 1.82) is 0 Å². The molecule has 0 saturated carbocycles. The first kappa shape index (κ1) is 30.0. The van der Waals surface area contributed by atoms with Crippen LogP contribution in [0.15, 0.2) is 35.5 Å². The summed E-state index contributed by atoms with van der Waals surface area (Å²) in [4.78, 5) is 53.7. The van der Waals surface area contributed by atoms with Crippen LogP contribution in [-0.2, 0) is 18.8 Å². The monoisotopic (exact) mass is 573 g/mol. The van der Waals surface area contributed by atoms with Crippen LogP contribution in [0.4, 0.5) is 5.69 Å². The van der Waals surface area contributed by atoms with Crippen molar-refractivity contribution in [2.75, 3.05) is 19.6 Å². The maximum Gasteiger partial charge on any atom is 0.362 e. The summed E-state index contributed by atoms with van der Waals surface area (Å²) < 4.78 is 11.9. The number of likely N-dealkylation sites (tertiary alicyclic amines) is 1. The molecule has 2 fully saturated rings. The van der Waals surface area contributed by atoms with Gasteiger partial charge in [-0.15, -0.1) is 0 Å². The van der Waals surface area contributed by atoms with Crippen LogP contribution in [0.25, 0.3) is 0 Å². The maximum absolute atomic E-state index is 13.6. The number of benzene rings is 1. The molecule has 2 saturated heterocycles. The predicted octanol–water partition coefficient (Wildman–Crippen LogP) is 3.49. The molecule has 0 radical (unpaired) electrons. The van der Waals surface area contributed by atoms with E-state index in [0.717, 1.165) is 30.3 Å². The number of hydrogen-bond donors (Lipinski definition) is 1. The molecule has 0 aliphatic carbocycles. The van der Waals surface area contributed by atoms with Gasteiger partial charge in [-0.25, -0.2) is 9.59 Å². The summed E-state index contributed by atoms with van der Waals surface area (Å²) in [6, 6.07) is 7.35. The molecule has 4 rings (SSSR count). The average Bonchev–Trinajstić information content (AvgIpc) is 3.45. The van der Waals surface area contributed by atoms with E-state index in [2.05, 4.69) is 20.8 Å². The van der Waals surface area contributed by atoms with E-state index in [4.69, 9.17) is 9.16 Å². The minimum absolute atomic E-state index is 0.0128. The number of aliphatic hydroxyl groups excluding tert-OH is 1. The number of hydrogen-bond acceptors (Lipinski definition) is 9. The molecule has 0 spiro atoms. The van der Waals surface area contributed by atoms with E-state index >= 15 is 0 Å². The summed E-state index contributed by atoms with van der Waals surface area (Å²) in [6.07, 6.45) is -0.140. The maximum atomic E-state index is 13.6. The molecule has 0 bridgehead atoms. The fraction of sp³-hybridized carbons (Fsp3) is 0.607. The van der Waals surface area contributed by atoms with E-state index in [1.807, 2.05) is 18.7 Å². The first-order valence-corrected chi connectivity index (χ1v) is 16.6. The third-order valence-corrected chi connectivity index (χ3v) is 13.7. The molecular weight excluding hydrogens is 534 g/mol. The number of nitro groups is 1. The van der Waals surface area contributed by atoms with Gasteiger partial charge in [-0.3, -0.25) is 19.8 Å². The molecule has 12 heteroatoms. The predicted molar refractivity (Wildman–Crippen MR) is 149 cm³/mol. The molecular formula is C28H39N3O8Si. The number of β-amino-alcohol motifs (C(OH)–C–C–N with tert-alkyl or cyclic N) is 1. The van der Waals surface area contributed by atoms with Crippen molar-refractivity contribution in [3.63, 3.8) is 0 Å². The summed E-state index contributed by atoms with van der Waals surface area (Å²) in [5.41, 5.74) is 0.574. The van der Waals surface area contributed by atoms with Crippen molar-refractivity contribution in [3.8, 4) is 0 Å². The van der Waals surface area contributed by atoms with E-state index < -0.39 is 37.2 Å². The fourth-order valence-corrected chi connectivity index (χ4v) is 9.34. The van der Waals surface area contributed by atoms with Crippen molar-refractivity contribution in [3.05, 3.63) is 51.2 Å². The zero-order valence-electron chi connectivity index (χ0n) is 23.8. The van der Waals surface area contributed by atoms with E-state index in [9.17, 15) is 29.6 Å². The van der Waals surface area contributed by atoms with Gasteiger partial charge in [0, 0.05) is 37.7 Å². The molecule has 1 N–H and O–H groups in total. The van der Waals surface area contributed by atoms with Gasteiger partial charge in [0.2, 0.25) is 5.91 Å². The zero-order valence-corrected chi connectivity index (χ0v) is 24.8. The highest BCUT2D eigenvalue weighted by atomic mass is 28.4. The topological polar surface area (TPSA) is 140 Å². The van der Waals surface area contributed by atoms with E-state index in [1.165, 1.54) is 17.0 Å². The number of aliphatic hydroxyl groups is 1. The van der Waals surface area contributed by atoms with Crippen LogP contribution in [0.2, 0.25) is 18.1 Å². The van der Waals surface area contributed by atoms with Crippen LogP contribution in [0.5, 0.6) is 0 Å². The molecule has 3 aliphatic rings. The van der Waals surface area contributed by atoms with Crippen molar-refractivity contribution >= 4 is 31.9 Å². The van der Waals surface area contributed by atoms with Gasteiger partial charge >= 0.3 is 11.9 Å². The summed E-state index contributed by atoms with van der Waals surface area (Å²) in [5, 5.41) is 21.0. The third kappa shape index (κ3) is 5.49. The molecule has 5 atom stereocenters. The van der Waals surface area contributed by atoms with Gasteiger partial charge in [-0.2, -0.15) is 0 Å². The number of rotatable bonds is 11. The van der Waals surface area contributed by atoms with Crippen LogP contribution in [0.1, 0.15) is 51.4 Å². The third-order valence-electron chi connectivity index (χ3n) is 9.00. The number of ether oxygens (including phenoxy) is 1. The molecule has 40 heavy (non-hydrogen) atoms. The summed E-state index contributed by atoms with van der Waals surface area (Å²) in [5.74, 6) is -2.69. The van der Waals surface area contributed by atoms with E-state index in [0.29, 0.717) is 31.6 Å². The standard InChI is InChI=1S/C28H39N3O8Si/c1-6-40(7-2,8-3)39-18(5)23-24-17(4)22(16-29-14-13-21(32)15-29)25(30(24)26(23)33)28(35)38-27(34)19-9-11-20(12-10-19)31(36)37/h9-12,17-18,21,23-24,32H,6-8,13-16H2,1-5H3/t17-,18?,21-,23+,24+/m0/s1. The van der Waals surface area contributed by atoms with Crippen LogP contribution in [0, 0.1) is 22.0 Å². The van der Waals surface area contributed by atoms with Gasteiger partial charge in [-0.1, -0.05) is 27.7 Å². The minimum Gasteiger partial charge on any atom is -0.413 e. The van der Waals surface area contributed by atoms with Gasteiger partial charge < -0.3 is 19.2 Å². The normalized spacial score (nSPS) is 25.6. The molecule has 3 aliphatic heterocycles. The second kappa shape index (κ2) is 11.9. The Hall–Kier alpha value is -2.93. The lowest BCUT2D eigenvalue weighted by Gasteiger charge is -2.49. The van der Waals surface area contributed by atoms with Gasteiger partial charge in [0.15, 0.2) is 8.32 Å². The molecule has 1 aromatic carbocycles. The molecule has 11 nitrogen and oxygen atoms in total. The molecule has 218 valence electrons. The van der Waals surface area contributed by atoms with Crippen molar-refractivity contribution in [2.45, 2.75) is 77.4 Å². The highest BCUT2D eigenvalue weighted by Gasteiger charge is 2.61. The van der Waals surface area contributed by atoms with Gasteiger partial charge in [0.25, 0.3) is 5.69 Å². The number of β-lactam (4-membered cyclic amide) rings is 1. The Balaban J connectivity index is 1.59. The molecule has 0 aromatic heterocycles. The minimum atomic E-state index is -1.98. The first-order chi connectivity index (χ1) is 19.0. The molecule has 1 aromatic rings. The second-order valence-electron chi connectivity index (χ2n) is 11.1. The number of carbonyl (C=O) groups excluding carboxylic acids is 3. The smallest absolute Gasteiger partial charge is 0.362 e. The Labute approximate surface area is 235 Å². The SMILES string of the molecule is CC[Si](CC)(CC)OC(C)[C@H]1C(=O)N2C(C(=O)OC(=O)c3ccc([N+](=O)[O-])cc3)=C(CN3CC[C@H](O)C3)[C@H](C)[C@H]12. The summed E-state index contributed by atoms with van der Waals surface area (Å²) in [7, 11) is -1.98. The number of amides is 1. The number of fused-ring (bicyclic) bond motifs is 1. The Kier molecular flexibility index (Phi) is 8.93. The number of nitrogens with zero attached hydrogens (tertiary/aromatic N) is 3. The first-order valence-electron chi connectivity index (χ1n) is 14.1. The highest BCUT2D eigenvalue weighted by Crippen LogP contribution is 2.49. The Morgan fingerprint density at radius 3 is 2.30 bits per heavy atom. The fourth-order valence-electron chi connectivity index (χ4n) is 6.40. The highest BCUT2D eigenvalue weighted by molar-refractivity contribution is 6.73.